The Balaban J connectivity index is 0.000000490. The van der Waals surface area contributed by atoms with Crippen molar-refractivity contribution >= 4 is 6.29 Å². The van der Waals surface area contributed by atoms with Crippen LogP contribution in [0.1, 0.15) is 12.0 Å². The van der Waals surface area contributed by atoms with Crippen LogP contribution in [0.4, 0.5) is 0 Å². The fourth-order valence-electron chi connectivity index (χ4n) is 0.358. The molecule has 0 amide bonds. The summed E-state index contributed by atoms with van der Waals surface area (Å²) in [5, 5.41) is 0. The Labute approximate surface area is 42.2 Å². The van der Waals surface area contributed by atoms with E-state index in [2.05, 4.69) is 4.42 Å². The zero-order valence-corrected chi connectivity index (χ0v) is 3.63. The Morgan fingerprint density at radius 1 is 1.86 bits per heavy atom. The second-order valence-corrected chi connectivity index (χ2v) is 1.13. The summed E-state index contributed by atoms with van der Waals surface area (Å²) in [7, 11) is 0. The molecule has 0 aliphatic carbocycles. The van der Waals surface area contributed by atoms with Gasteiger partial charge in [-0.15, -0.1) is 0 Å². The van der Waals surface area contributed by atoms with Gasteiger partial charge in [0.1, 0.15) is 0 Å². The molecule has 1 aromatic heterocycles. The van der Waals surface area contributed by atoms with E-state index in [-0.39, 0.29) is 1.43 Å². The van der Waals surface area contributed by atoms with Crippen molar-refractivity contribution in [3.05, 3.63) is 24.2 Å². The first-order valence-electron chi connectivity index (χ1n) is 1.92. The van der Waals surface area contributed by atoms with Crippen molar-refractivity contribution in [3.8, 4) is 0 Å². The molecule has 0 saturated carbocycles. The first-order chi connectivity index (χ1) is 3.43. The van der Waals surface area contributed by atoms with E-state index in [4.69, 9.17) is 0 Å². The second-order valence-electron chi connectivity index (χ2n) is 1.13. The van der Waals surface area contributed by atoms with E-state index in [9.17, 15) is 4.79 Å². The van der Waals surface area contributed by atoms with Crippen LogP contribution in [0.2, 0.25) is 0 Å². The van der Waals surface area contributed by atoms with Crippen LogP contribution < -0.4 is 0 Å². The molecular weight excluding hydrogens is 92.1 g/mol. The maximum atomic E-state index is 9.77. The highest BCUT2D eigenvalue weighted by Crippen LogP contribution is 1.92. The topological polar surface area (TPSA) is 30.2 Å². The van der Waals surface area contributed by atoms with Gasteiger partial charge in [0, 0.05) is 0 Å². The fourth-order valence-corrected chi connectivity index (χ4v) is 0.358. The highest BCUT2D eigenvalue weighted by molar-refractivity contribution is 5.69. The van der Waals surface area contributed by atoms with Gasteiger partial charge in [-0.25, -0.2) is 0 Å². The van der Waals surface area contributed by atoms with Crippen molar-refractivity contribution < 1.29 is 10.6 Å². The summed E-state index contributed by atoms with van der Waals surface area (Å²) in [5.74, 6) is 0.375. The van der Waals surface area contributed by atoms with Crippen LogP contribution in [0.15, 0.2) is 22.8 Å². The largest absolute Gasteiger partial charge is 1.00 e. The molecule has 7 heavy (non-hydrogen) atoms. The number of carbonyl (C=O) groups excluding carboxylic acids is 1. The molecule has 0 aromatic carbocycles. The minimum Gasteiger partial charge on any atom is -0.462 e. The second kappa shape index (κ2) is 1.60. The Morgan fingerprint density at radius 2 is 2.71 bits per heavy atom. The number of aldehydes is 1. The maximum absolute atomic E-state index is 9.77. The SMILES string of the molecule is O=Cc1ccco1.[H+]. The highest BCUT2D eigenvalue weighted by atomic mass is 16.3. The molecule has 0 aliphatic rings. The van der Waals surface area contributed by atoms with E-state index in [0.717, 1.165) is 0 Å². The van der Waals surface area contributed by atoms with Crippen LogP contribution in [0.5, 0.6) is 0 Å². The smallest absolute Gasteiger partial charge is 0.462 e. The average Bonchev–Trinajstić information content (AvgIpc) is 2.14. The lowest BCUT2D eigenvalue weighted by Crippen LogP contribution is -1.65. The Hall–Kier alpha value is -1.05. The average molecular weight is 97.1 g/mol. The summed E-state index contributed by atoms with van der Waals surface area (Å²) in [6.45, 7) is 0. The first-order valence-corrected chi connectivity index (χ1v) is 1.92. The maximum Gasteiger partial charge on any atom is 1.00 e. The summed E-state index contributed by atoms with van der Waals surface area (Å²) in [6.07, 6.45) is 2.13. The van der Waals surface area contributed by atoms with Crippen LogP contribution in [0.25, 0.3) is 0 Å². The van der Waals surface area contributed by atoms with E-state index in [1.54, 1.807) is 12.1 Å². The molecule has 0 radical (unpaired) electrons. The van der Waals surface area contributed by atoms with Crippen molar-refractivity contribution in [3.63, 3.8) is 0 Å². The van der Waals surface area contributed by atoms with Gasteiger partial charge in [-0.05, 0) is 12.1 Å². The van der Waals surface area contributed by atoms with Crippen molar-refractivity contribution in [1.82, 2.24) is 0 Å². The molecule has 0 atom stereocenters. The van der Waals surface area contributed by atoms with Crippen LogP contribution in [-0.4, -0.2) is 6.29 Å². The van der Waals surface area contributed by atoms with Crippen molar-refractivity contribution in [1.29, 1.82) is 0 Å². The Morgan fingerprint density at radius 3 is 3.00 bits per heavy atom. The molecule has 1 rings (SSSR count). The summed E-state index contributed by atoms with van der Waals surface area (Å²) in [6, 6.07) is 3.27. The molecule has 0 saturated heterocycles. The molecule has 0 unspecified atom stereocenters. The molecule has 0 spiro atoms. The number of furan rings is 1. The number of carbonyl (C=O) groups is 1. The van der Waals surface area contributed by atoms with Crippen LogP contribution in [-0.2, 0) is 0 Å². The zero-order chi connectivity index (χ0) is 5.11. The summed E-state index contributed by atoms with van der Waals surface area (Å²) in [5.41, 5.74) is 0. The summed E-state index contributed by atoms with van der Waals surface area (Å²) >= 11 is 0. The molecule has 2 nitrogen and oxygen atoms in total. The minimum atomic E-state index is 0. The third kappa shape index (κ3) is 0.682. The minimum absolute atomic E-state index is 0. The van der Waals surface area contributed by atoms with Gasteiger partial charge in [0.15, 0.2) is 12.0 Å². The van der Waals surface area contributed by atoms with Crippen LogP contribution >= 0.6 is 0 Å². The molecule has 0 fully saturated rings. The third-order valence-electron chi connectivity index (χ3n) is 0.659. The lowest BCUT2D eigenvalue weighted by molar-refractivity contribution is 0.110. The molecule has 2 heteroatoms. The first kappa shape index (κ1) is 4.12. The van der Waals surface area contributed by atoms with E-state index < -0.39 is 0 Å². The predicted octanol–water partition coefficient (Wildman–Crippen LogP) is 1.20. The highest BCUT2D eigenvalue weighted by Gasteiger charge is 1.84. The molecule has 0 N–H and O–H groups in total. The van der Waals surface area contributed by atoms with Crippen LogP contribution in [0, 0.1) is 0 Å². The predicted molar refractivity (Wildman–Crippen MR) is 25.2 cm³/mol. The lowest BCUT2D eigenvalue weighted by Gasteiger charge is -1.68. The molecule has 0 bridgehead atoms. The van der Waals surface area contributed by atoms with Gasteiger partial charge in [-0.3, -0.25) is 4.79 Å². The summed E-state index contributed by atoms with van der Waals surface area (Å²) in [4.78, 5) is 9.77. The monoisotopic (exact) mass is 97.0 g/mol. The zero-order valence-electron chi connectivity index (χ0n) is 4.63. The number of hydrogen-bond donors (Lipinski definition) is 0. The number of rotatable bonds is 1. The normalized spacial score (nSPS) is 8.57. The van der Waals surface area contributed by atoms with Gasteiger partial charge >= 0.3 is 1.43 Å². The van der Waals surface area contributed by atoms with E-state index in [0.29, 0.717) is 12.0 Å². The van der Waals surface area contributed by atoms with E-state index in [1.165, 1.54) is 6.26 Å². The van der Waals surface area contributed by atoms with Gasteiger partial charge in [0.25, 0.3) is 0 Å². The molecule has 1 aromatic rings. The van der Waals surface area contributed by atoms with Crippen LogP contribution in [0.3, 0.4) is 0 Å². The molecule has 0 aliphatic heterocycles. The van der Waals surface area contributed by atoms with Crippen molar-refractivity contribution in [2.45, 2.75) is 0 Å². The lowest BCUT2D eigenvalue weighted by atomic mass is 10.5. The standard InChI is InChI=1S/C5H4O2/c6-4-5-2-1-3-7-5/h1-4H/p+1. The van der Waals surface area contributed by atoms with Crippen molar-refractivity contribution in [2.24, 2.45) is 0 Å². The molecular formula is C5H5O2+. The van der Waals surface area contributed by atoms with Gasteiger partial charge in [-0.2, -0.15) is 0 Å². The third-order valence-corrected chi connectivity index (χ3v) is 0.659. The van der Waals surface area contributed by atoms with E-state index in [1.807, 2.05) is 0 Å². The summed E-state index contributed by atoms with van der Waals surface area (Å²) < 4.78 is 4.61. The number of hydrogen-bond acceptors (Lipinski definition) is 2. The van der Waals surface area contributed by atoms with E-state index >= 15 is 0 Å². The molecule has 36 valence electrons. The fraction of sp³-hybridized carbons (Fsp3) is 0. The molecule has 1 heterocycles. The van der Waals surface area contributed by atoms with Gasteiger partial charge in [0.05, 0.1) is 6.26 Å². The van der Waals surface area contributed by atoms with Gasteiger partial charge in [-0.1, -0.05) is 0 Å². The van der Waals surface area contributed by atoms with Gasteiger partial charge in [0.2, 0.25) is 0 Å². The van der Waals surface area contributed by atoms with Crippen molar-refractivity contribution in [2.75, 3.05) is 0 Å². The van der Waals surface area contributed by atoms with Gasteiger partial charge < -0.3 is 4.42 Å². The Kier molecular flexibility index (Phi) is 0.941. The quantitative estimate of drug-likeness (QED) is 0.493. The Bertz CT molecular complexity index is 145.